The first kappa shape index (κ1) is 25.1. The van der Waals surface area contributed by atoms with Crippen LogP contribution in [-0.2, 0) is 17.8 Å². The summed E-state index contributed by atoms with van der Waals surface area (Å²) in [6.07, 6.45) is 1.37. The van der Waals surface area contributed by atoms with Gasteiger partial charge in [-0.05, 0) is 36.4 Å². The van der Waals surface area contributed by atoms with Crippen molar-refractivity contribution in [1.29, 1.82) is 0 Å². The van der Waals surface area contributed by atoms with Crippen molar-refractivity contribution in [3.63, 3.8) is 0 Å². The van der Waals surface area contributed by atoms with E-state index in [1.807, 2.05) is 6.07 Å². The molecule has 0 saturated carbocycles. The maximum atomic E-state index is 13.9. The maximum Gasteiger partial charge on any atom is 0.257 e. The quantitative estimate of drug-likeness (QED) is 0.219. The molecule has 182 valence electrons. The van der Waals surface area contributed by atoms with Crippen LogP contribution in [0.4, 0.5) is 9.52 Å². The van der Waals surface area contributed by atoms with Gasteiger partial charge < -0.3 is 4.74 Å². The number of ether oxygens (including phenoxy) is 1. The number of anilines is 1. The van der Waals surface area contributed by atoms with Gasteiger partial charge in [0.25, 0.3) is 5.91 Å². The number of benzene rings is 3. The average Bonchev–Trinajstić information content (AvgIpc) is 3.31. The number of hydrazone groups is 1. The van der Waals surface area contributed by atoms with Crippen LogP contribution in [0.15, 0.2) is 82.4 Å². The van der Waals surface area contributed by atoms with Crippen LogP contribution >= 0.6 is 27.3 Å². The third-order valence-corrected chi connectivity index (χ3v) is 6.07. The van der Waals surface area contributed by atoms with Crippen molar-refractivity contribution in [2.45, 2.75) is 13.0 Å². The lowest BCUT2D eigenvalue weighted by molar-refractivity contribution is -0.120. The molecule has 4 aromatic rings. The fourth-order valence-corrected chi connectivity index (χ4v) is 4.12. The number of rotatable bonds is 9. The Morgan fingerprint density at radius 1 is 1.06 bits per heavy atom. The van der Waals surface area contributed by atoms with E-state index < -0.39 is 5.91 Å². The topological polar surface area (TPSA) is 106 Å². The van der Waals surface area contributed by atoms with E-state index in [-0.39, 0.29) is 24.8 Å². The first-order valence-corrected chi connectivity index (χ1v) is 12.3. The van der Waals surface area contributed by atoms with E-state index in [1.165, 1.54) is 12.3 Å². The molecule has 11 heteroatoms. The van der Waals surface area contributed by atoms with Crippen LogP contribution < -0.4 is 15.5 Å². The van der Waals surface area contributed by atoms with Gasteiger partial charge in [-0.15, -0.1) is 10.2 Å². The van der Waals surface area contributed by atoms with Crippen molar-refractivity contribution in [1.82, 2.24) is 15.6 Å². The van der Waals surface area contributed by atoms with Crippen LogP contribution in [0.1, 0.15) is 26.5 Å². The number of hydrogen-bond donors (Lipinski definition) is 2. The summed E-state index contributed by atoms with van der Waals surface area (Å²) >= 11 is 4.50. The molecule has 0 spiro atoms. The first-order valence-electron chi connectivity index (χ1n) is 10.6. The van der Waals surface area contributed by atoms with Crippen LogP contribution in [0.5, 0.6) is 5.75 Å². The van der Waals surface area contributed by atoms with Gasteiger partial charge in [-0.25, -0.2) is 9.82 Å². The fourth-order valence-electron chi connectivity index (χ4n) is 3.01. The summed E-state index contributed by atoms with van der Waals surface area (Å²) in [5.41, 5.74) is 3.94. The molecule has 0 fully saturated rings. The molecule has 0 bridgehead atoms. The monoisotopic (exact) mass is 567 g/mol. The standard InChI is InChI=1S/C25H19BrFN5O3S/c26-19-10-11-21(35-15-17-8-4-5-9-20(17)27)18(12-19)14-28-30-22(33)13-23-31-32-25(36-23)29-24(34)16-6-2-1-3-7-16/h1-12,14H,13,15H2,(H,30,33)(H,29,32,34). The van der Waals surface area contributed by atoms with Gasteiger partial charge in [0.05, 0.1) is 12.6 Å². The molecule has 0 aliphatic heterocycles. The molecule has 2 N–H and O–H groups in total. The van der Waals surface area contributed by atoms with Crippen molar-refractivity contribution in [2.24, 2.45) is 5.10 Å². The minimum atomic E-state index is -0.410. The van der Waals surface area contributed by atoms with Crippen LogP contribution in [0.2, 0.25) is 0 Å². The Balaban J connectivity index is 1.32. The zero-order valence-corrected chi connectivity index (χ0v) is 21.1. The molecule has 1 aromatic heterocycles. The van der Waals surface area contributed by atoms with Crippen molar-refractivity contribution < 1.29 is 18.7 Å². The van der Waals surface area contributed by atoms with E-state index in [0.717, 1.165) is 15.8 Å². The van der Waals surface area contributed by atoms with Crippen LogP contribution in [0, 0.1) is 5.82 Å². The number of halogens is 2. The van der Waals surface area contributed by atoms with Crippen molar-refractivity contribution >= 4 is 50.4 Å². The fraction of sp³-hybridized carbons (Fsp3) is 0.0800. The Morgan fingerprint density at radius 3 is 2.64 bits per heavy atom. The molecule has 4 rings (SSSR count). The first-order chi connectivity index (χ1) is 17.5. The lowest BCUT2D eigenvalue weighted by Crippen LogP contribution is -2.19. The van der Waals surface area contributed by atoms with Gasteiger partial charge in [-0.1, -0.05) is 63.7 Å². The molecule has 0 aliphatic carbocycles. The lowest BCUT2D eigenvalue weighted by atomic mass is 10.2. The van der Waals surface area contributed by atoms with E-state index in [4.69, 9.17) is 4.74 Å². The molecule has 0 aliphatic rings. The van der Waals surface area contributed by atoms with Gasteiger partial charge in [0.15, 0.2) is 0 Å². The summed E-state index contributed by atoms with van der Waals surface area (Å²) in [6.45, 7) is 0.0433. The van der Waals surface area contributed by atoms with Gasteiger partial charge in [0.1, 0.15) is 23.2 Å². The zero-order valence-electron chi connectivity index (χ0n) is 18.7. The highest BCUT2D eigenvalue weighted by molar-refractivity contribution is 9.10. The second kappa shape index (κ2) is 12.1. The third-order valence-electron chi connectivity index (χ3n) is 4.74. The van der Waals surface area contributed by atoms with E-state index in [1.54, 1.807) is 60.7 Å². The normalized spacial score (nSPS) is 10.8. The van der Waals surface area contributed by atoms with Gasteiger partial charge in [0.2, 0.25) is 11.0 Å². The minimum Gasteiger partial charge on any atom is -0.488 e. The third kappa shape index (κ3) is 7.03. The minimum absolute atomic E-state index is 0.0433. The maximum absolute atomic E-state index is 13.9. The molecule has 0 atom stereocenters. The largest absolute Gasteiger partial charge is 0.488 e. The van der Waals surface area contributed by atoms with Gasteiger partial charge in [0, 0.05) is 21.2 Å². The summed E-state index contributed by atoms with van der Waals surface area (Å²) in [6, 6.07) is 20.4. The number of nitrogens with one attached hydrogen (secondary N) is 2. The molecule has 3 aromatic carbocycles. The summed E-state index contributed by atoms with van der Waals surface area (Å²) in [7, 11) is 0. The number of carbonyl (C=O) groups is 2. The molecule has 0 unspecified atom stereocenters. The number of aromatic nitrogens is 2. The predicted octanol–water partition coefficient (Wildman–Crippen LogP) is 4.96. The number of nitrogens with zero attached hydrogens (tertiary/aromatic N) is 3. The van der Waals surface area contributed by atoms with Crippen LogP contribution in [0.3, 0.4) is 0 Å². The van der Waals surface area contributed by atoms with Crippen molar-refractivity contribution in [3.05, 3.63) is 105 Å². The van der Waals surface area contributed by atoms with Crippen molar-refractivity contribution in [3.8, 4) is 5.75 Å². The average molecular weight is 568 g/mol. The van der Waals surface area contributed by atoms with Crippen LogP contribution in [0.25, 0.3) is 0 Å². The smallest absolute Gasteiger partial charge is 0.257 e. The van der Waals surface area contributed by atoms with E-state index in [9.17, 15) is 14.0 Å². The highest BCUT2D eigenvalue weighted by atomic mass is 79.9. The SMILES string of the molecule is O=C(Cc1nnc(NC(=O)c2ccccc2)s1)NN=Cc1cc(Br)ccc1OCc1ccccc1F. The van der Waals surface area contributed by atoms with Gasteiger partial charge in [-0.3, -0.25) is 14.9 Å². The molecular weight excluding hydrogens is 549 g/mol. The summed E-state index contributed by atoms with van der Waals surface area (Å²) in [4.78, 5) is 24.5. The Labute approximate surface area is 218 Å². The summed E-state index contributed by atoms with van der Waals surface area (Å²) in [5, 5.41) is 15.2. The molecule has 0 saturated heterocycles. The van der Waals surface area contributed by atoms with Gasteiger partial charge >= 0.3 is 0 Å². The van der Waals surface area contributed by atoms with E-state index >= 15 is 0 Å². The van der Waals surface area contributed by atoms with E-state index in [2.05, 4.69) is 42.0 Å². The Bertz CT molecular complexity index is 1400. The van der Waals surface area contributed by atoms with Crippen LogP contribution in [-0.4, -0.2) is 28.2 Å². The summed E-state index contributed by atoms with van der Waals surface area (Å²) < 4.78 is 20.4. The Kier molecular flexibility index (Phi) is 8.48. The number of carbonyl (C=O) groups excluding carboxylic acids is 2. The lowest BCUT2D eigenvalue weighted by Gasteiger charge is -2.10. The second-order valence-corrected chi connectivity index (χ2v) is 9.33. The highest BCUT2D eigenvalue weighted by Gasteiger charge is 2.12. The summed E-state index contributed by atoms with van der Waals surface area (Å²) in [5.74, 6) is -0.597. The number of hydrogen-bond acceptors (Lipinski definition) is 7. The molecule has 0 radical (unpaired) electrons. The Morgan fingerprint density at radius 2 is 1.83 bits per heavy atom. The molecular formula is C25H19BrFN5O3S. The molecule has 36 heavy (non-hydrogen) atoms. The second-order valence-electron chi connectivity index (χ2n) is 7.35. The number of amides is 2. The van der Waals surface area contributed by atoms with Crippen molar-refractivity contribution in [2.75, 3.05) is 5.32 Å². The van der Waals surface area contributed by atoms with E-state index in [0.29, 0.717) is 32.6 Å². The molecule has 8 nitrogen and oxygen atoms in total. The van der Waals surface area contributed by atoms with Gasteiger partial charge in [-0.2, -0.15) is 5.10 Å². The molecule has 2 amide bonds. The highest BCUT2D eigenvalue weighted by Crippen LogP contribution is 2.23. The Hall–Kier alpha value is -3.96. The molecule has 1 heterocycles. The predicted molar refractivity (Wildman–Crippen MR) is 139 cm³/mol. The zero-order chi connectivity index (χ0) is 25.3.